The van der Waals surface area contributed by atoms with Crippen LogP contribution in [0.1, 0.15) is 30.1 Å². The Morgan fingerprint density at radius 2 is 2.12 bits per heavy atom. The first-order chi connectivity index (χ1) is 7.65. The monoisotopic (exact) mass is 225 g/mol. The third kappa shape index (κ3) is 1.92. The van der Waals surface area contributed by atoms with Crippen molar-refractivity contribution in [1.29, 1.82) is 0 Å². The standard InChI is InChI=1S/C12H13F2NO/c1-2-15(8-6-7-8)12(16)9-4-3-5-10(13)11(9)14/h3-5,8H,2,6-7H2,1H3. The fourth-order valence-corrected chi connectivity index (χ4v) is 1.78. The number of benzene rings is 1. The molecule has 0 heterocycles. The highest BCUT2D eigenvalue weighted by atomic mass is 19.2. The van der Waals surface area contributed by atoms with Crippen LogP contribution in [-0.4, -0.2) is 23.4 Å². The lowest BCUT2D eigenvalue weighted by Crippen LogP contribution is -2.33. The van der Waals surface area contributed by atoms with Gasteiger partial charge in [-0.15, -0.1) is 0 Å². The Morgan fingerprint density at radius 3 is 2.69 bits per heavy atom. The average Bonchev–Trinajstić information content (AvgIpc) is 3.07. The molecule has 0 spiro atoms. The Balaban J connectivity index is 2.28. The Labute approximate surface area is 92.9 Å². The normalized spacial score (nSPS) is 14.9. The van der Waals surface area contributed by atoms with E-state index in [0.717, 1.165) is 18.9 Å². The van der Waals surface area contributed by atoms with E-state index < -0.39 is 17.5 Å². The molecular weight excluding hydrogens is 212 g/mol. The van der Waals surface area contributed by atoms with Gasteiger partial charge >= 0.3 is 0 Å². The van der Waals surface area contributed by atoms with Crippen LogP contribution in [-0.2, 0) is 0 Å². The SMILES string of the molecule is CCN(C(=O)c1cccc(F)c1F)C1CC1. The van der Waals surface area contributed by atoms with Gasteiger partial charge in [0.05, 0.1) is 5.56 Å². The van der Waals surface area contributed by atoms with Gasteiger partial charge in [0.15, 0.2) is 11.6 Å². The zero-order valence-electron chi connectivity index (χ0n) is 9.04. The molecule has 2 nitrogen and oxygen atoms in total. The Morgan fingerprint density at radius 1 is 1.44 bits per heavy atom. The van der Waals surface area contributed by atoms with Gasteiger partial charge in [-0.05, 0) is 31.9 Å². The van der Waals surface area contributed by atoms with E-state index >= 15 is 0 Å². The summed E-state index contributed by atoms with van der Waals surface area (Å²) in [5.74, 6) is -2.44. The summed E-state index contributed by atoms with van der Waals surface area (Å²) in [5.41, 5.74) is -0.172. The molecule has 0 aromatic heterocycles. The van der Waals surface area contributed by atoms with Crippen molar-refractivity contribution in [3.05, 3.63) is 35.4 Å². The van der Waals surface area contributed by atoms with Crippen molar-refractivity contribution in [3.8, 4) is 0 Å². The van der Waals surface area contributed by atoms with Crippen LogP contribution in [0.2, 0.25) is 0 Å². The molecule has 0 radical (unpaired) electrons. The summed E-state index contributed by atoms with van der Waals surface area (Å²) in [6.45, 7) is 2.37. The number of hydrogen-bond acceptors (Lipinski definition) is 1. The molecule has 1 aliphatic rings. The molecule has 0 N–H and O–H groups in total. The largest absolute Gasteiger partial charge is 0.336 e. The number of halogens is 2. The maximum atomic E-state index is 13.4. The highest BCUT2D eigenvalue weighted by molar-refractivity contribution is 5.94. The fraction of sp³-hybridized carbons (Fsp3) is 0.417. The smallest absolute Gasteiger partial charge is 0.257 e. The summed E-state index contributed by atoms with van der Waals surface area (Å²) in [4.78, 5) is 13.5. The van der Waals surface area contributed by atoms with Crippen molar-refractivity contribution < 1.29 is 13.6 Å². The first kappa shape index (κ1) is 11.0. The maximum Gasteiger partial charge on any atom is 0.257 e. The van der Waals surface area contributed by atoms with Gasteiger partial charge in [-0.25, -0.2) is 8.78 Å². The number of hydrogen-bond donors (Lipinski definition) is 0. The Hall–Kier alpha value is -1.45. The first-order valence-corrected chi connectivity index (χ1v) is 5.40. The maximum absolute atomic E-state index is 13.4. The zero-order valence-corrected chi connectivity index (χ0v) is 9.04. The van der Waals surface area contributed by atoms with E-state index in [1.807, 2.05) is 6.92 Å². The van der Waals surface area contributed by atoms with Crippen LogP contribution in [0, 0.1) is 11.6 Å². The number of carbonyl (C=O) groups is 1. The molecule has 1 saturated carbocycles. The van der Waals surface area contributed by atoms with Crippen LogP contribution in [0.3, 0.4) is 0 Å². The van der Waals surface area contributed by atoms with Crippen molar-refractivity contribution in [1.82, 2.24) is 4.90 Å². The number of rotatable bonds is 3. The minimum atomic E-state index is -1.05. The minimum Gasteiger partial charge on any atom is -0.336 e. The third-order valence-electron chi connectivity index (χ3n) is 2.77. The van der Waals surface area contributed by atoms with Gasteiger partial charge < -0.3 is 4.90 Å². The van der Waals surface area contributed by atoms with Crippen LogP contribution in [0.4, 0.5) is 8.78 Å². The molecule has 1 fully saturated rings. The van der Waals surface area contributed by atoms with Crippen molar-refractivity contribution in [2.24, 2.45) is 0 Å². The van der Waals surface area contributed by atoms with Crippen molar-refractivity contribution in [2.45, 2.75) is 25.8 Å². The summed E-state index contributed by atoms with van der Waals surface area (Å²) in [7, 11) is 0. The van der Waals surface area contributed by atoms with Crippen molar-refractivity contribution >= 4 is 5.91 Å². The van der Waals surface area contributed by atoms with Crippen LogP contribution in [0.25, 0.3) is 0 Å². The second kappa shape index (κ2) is 4.20. The van der Waals surface area contributed by atoms with Crippen molar-refractivity contribution in [3.63, 3.8) is 0 Å². The highest BCUT2D eigenvalue weighted by Crippen LogP contribution is 2.28. The van der Waals surface area contributed by atoms with Crippen LogP contribution in [0.5, 0.6) is 0 Å². The van der Waals surface area contributed by atoms with Gasteiger partial charge in [0.1, 0.15) is 0 Å². The molecule has 86 valence electrons. The zero-order chi connectivity index (χ0) is 11.7. The molecule has 1 amide bonds. The molecule has 1 aliphatic carbocycles. The average molecular weight is 225 g/mol. The lowest BCUT2D eigenvalue weighted by Gasteiger charge is -2.20. The number of nitrogens with zero attached hydrogens (tertiary/aromatic N) is 1. The van der Waals surface area contributed by atoms with Gasteiger partial charge in [-0.1, -0.05) is 6.07 Å². The second-order valence-corrected chi connectivity index (χ2v) is 3.92. The van der Waals surface area contributed by atoms with E-state index in [1.54, 1.807) is 4.90 Å². The van der Waals surface area contributed by atoms with E-state index in [0.29, 0.717) is 6.54 Å². The molecule has 0 unspecified atom stereocenters. The number of amides is 1. The van der Waals surface area contributed by atoms with E-state index in [2.05, 4.69) is 0 Å². The molecule has 16 heavy (non-hydrogen) atoms. The Bertz CT molecular complexity index is 415. The molecular formula is C12H13F2NO. The van der Waals surface area contributed by atoms with Crippen molar-refractivity contribution in [2.75, 3.05) is 6.54 Å². The molecule has 0 atom stereocenters. The summed E-state index contributed by atoms with van der Waals surface area (Å²) in [5, 5.41) is 0. The predicted octanol–water partition coefficient (Wildman–Crippen LogP) is 2.59. The topological polar surface area (TPSA) is 20.3 Å². The molecule has 1 aromatic rings. The van der Waals surface area contributed by atoms with Gasteiger partial charge in [0.25, 0.3) is 5.91 Å². The first-order valence-electron chi connectivity index (χ1n) is 5.40. The minimum absolute atomic E-state index is 0.172. The Kier molecular flexibility index (Phi) is 2.90. The van der Waals surface area contributed by atoms with E-state index in [9.17, 15) is 13.6 Å². The summed E-state index contributed by atoms with van der Waals surface area (Å²) in [6, 6.07) is 3.90. The summed E-state index contributed by atoms with van der Waals surface area (Å²) < 4.78 is 26.4. The predicted molar refractivity (Wildman–Crippen MR) is 56.1 cm³/mol. The van der Waals surface area contributed by atoms with Gasteiger partial charge in [0.2, 0.25) is 0 Å². The highest BCUT2D eigenvalue weighted by Gasteiger charge is 2.33. The lowest BCUT2D eigenvalue weighted by atomic mass is 10.1. The van der Waals surface area contributed by atoms with Gasteiger partial charge in [-0.2, -0.15) is 0 Å². The summed E-state index contributed by atoms with van der Waals surface area (Å²) >= 11 is 0. The van der Waals surface area contributed by atoms with Crippen LogP contribution >= 0.6 is 0 Å². The second-order valence-electron chi connectivity index (χ2n) is 3.92. The van der Waals surface area contributed by atoms with Gasteiger partial charge in [0, 0.05) is 12.6 Å². The fourth-order valence-electron chi connectivity index (χ4n) is 1.78. The summed E-state index contributed by atoms with van der Waals surface area (Å²) in [6.07, 6.45) is 1.91. The quantitative estimate of drug-likeness (QED) is 0.774. The van der Waals surface area contributed by atoms with Crippen LogP contribution in [0.15, 0.2) is 18.2 Å². The third-order valence-corrected chi connectivity index (χ3v) is 2.77. The van der Waals surface area contributed by atoms with E-state index in [4.69, 9.17) is 0 Å². The molecule has 0 saturated heterocycles. The van der Waals surface area contributed by atoms with E-state index in [1.165, 1.54) is 12.1 Å². The lowest BCUT2D eigenvalue weighted by molar-refractivity contribution is 0.0746. The molecule has 2 rings (SSSR count). The van der Waals surface area contributed by atoms with Crippen LogP contribution < -0.4 is 0 Å². The molecule has 0 bridgehead atoms. The molecule has 4 heteroatoms. The molecule has 0 aliphatic heterocycles. The number of carbonyl (C=O) groups excluding carboxylic acids is 1. The van der Waals surface area contributed by atoms with E-state index in [-0.39, 0.29) is 11.6 Å². The molecule has 1 aromatic carbocycles. The van der Waals surface area contributed by atoms with Gasteiger partial charge in [-0.3, -0.25) is 4.79 Å².